The highest BCUT2D eigenvalue weighted by Crippen LogP contribution is 2.24. The number of hydrogen-bond donors (Lipinski definition) is 3. The summed E-state index contributed by atoms with van der Waals surface area (Å²) < 4.78 is 5.21. The summed E-state index contributed by atoms with van der Waals surface area (Å²) in [5.41, 5.74) is 6.06. The lowest BCUT2D eigenvalue weighted by atomic mass is 10.1. The van der Waals surface area contributed by atoms with Crippen LogP contribution in [0.15, 0.2) is 24.3 Å². The molecule has 0 bridgehead atoms. The van der Waals surface area contributed by atoms with Crippen molar-refractivity contribution in [2.75, 3.05) is 7.11 Å². The molecule has 0 aromatic heterocycles. The largest absolute Gasteiger partial charge is 0.496 e. The summed E-state index contributed by atoms with van der Waals surface area (Å²) in [6.45, 7) is 1.86. The molecule has 0 aliphatic carbocycles. The zero-order chi connectivity index (χ0) is 12.8. The molecule has 0 saturated heterocycles. The molecule has 0 aliphatic heterocycles. The Morgan fingerprint density at radius 1 is 1.53 bits per heavy atom. The van der Waals surface area contributed by atoms with Gasteiger partial charge >= 0.3 is 0 Å². The highest BCUT2D eigenvalue weighted by atomic mass is 16.5. The number of amidine groups is 1. The van der Waals surface area contributed by atoms with Crippen LogP contribution < -0.4 is 15.8 Å². The van der Waals surface area contributed by atoms with Crippen LogP contribution >= 0.6 is 0 Å². The van der Waals surface area contributed by atoms with Crippen LogP contribution in [0.2, 0.25) is 0 Å². The lowest BCUT2D eigenvalue weighted by molar-refractivity contribution is -0.120. The second kappa shape index (κ2) is 5.89. The van der Waals surface area contributed by atoms with Gasteiger partial charge in [0.1, 0.15) is 5.75 Å². The molecule has 0 aliphatic rings. The summed E-state index contributed by atoms with van der Waals surface area (Å²) in [5, 5.41) is 9.81. The summed E-state index contributed by atoms with van der Waals surface area (Å²) in [7, 11) is 1.59. The maximum Gasteiger partial charge on any atom is 0.228 e. The Morgan fingerprint density at radius 2 is 2.18 bits per heavy atom. The molecule has 17 heavy (non-hydrogen) atoms. The standard InChI is InChI=1S/C12H17N3O2/c1-8(15-12(16)7-11(13)14)9-5-3-4-6-10(9)17-2/h3-6,8H,7H2,1-2H3,(H3,13,14)(H,15,16). The third kappa shape index (κ3) is 3.79. The summed E-state index contributed by atoms with van der Waals surface area (Å²) in [5.74, 6) is 0.314. The van der Waals surface area contributed by atoms with Gasteiger partial charge in [-0.05, 0) is 13.0 Å². The van der Waals surface area contributed by atoms with Gasteiger partial charge in [-0.15, -0.1) is 0 Å². The second-order valence-electron chi connectivity index (χ2n) is 3.73. The van der Waals surface area contributed by atoms with E-state index in [2.05, 4.69) is 5.32 Å². The van der Waals surface area contributed by atoms with Crippen molar-refractivity contribution < 1.29 is 9.53 Å². The number of carbonyl (C=O) groups is 1. The lowest BCUT2D eigenvalue weighted by Gasteiger charge is -2.16. The quantitative estimate of drug-likeness (QED) is 0.529. The summed E-state index contributed by atoms with van der Waals surface area (Å²) >= 11 is 0. The van der Waals surface area contributed by atoms with Crippen molar-refractivity contribution in [3.63, 3.8) is 0 Å². The van der Waals surface area contributed by atoms with Gasteiger partial charge in [0.05, 0.1) is 25.4 Å². The predicted octanol–water partition coefficient (Wildman–Crippen LogP) is 1.20. The minimum absolute atomic E-state index is 0.0838. The van der Waals surface area contributed by atoms with Gasteiger partial charge in [0.25, 0.3) is 0 Å². The molecule has 0 heterocycles. The van der Waals surface area contributed by atoms with Gasteiger partial charge in [0, 0.05) is 5.56 Å². The van der Waals surface area contributed by atoms with Crippen molar-refractivity contribution in [3.8, 4) is 5.75 Å². The average Bonchev–Trinajstić information content (AvgIpc) is 2.27. The van der Waals surface area contributed by atoms with Crippen molar-refractivity contribution in [3.05, 3.63) is 29.8 Å². The summed E-state index contributed by atoms with van der Waals surface area (Å²) in [6.07, 6.45) is -0.0838. The first-order valence-electron chi connectivity index (χ1n) is 5.29. The van der Waals surface area contributed by atoms with Crippen LogP contribution in [0, 0.1) is 5.41 Å². The Morgan fingerprint density at radius 3 is 2.76 bits per heavy atom. The first kappa shape index (κ1) is 13.0. The Balaban J connectivity index is 2.72. The van der Waals surface area contributed by atoms with Crippen molar-refractivity contribution in [2.24, 2.45) is 5.73 Å². The van der Waals surface area contributed by atoms with E-state index in [1.807, 2.05) is 31.2 Å². The van der Waals surface area contributed by atoms with Crippen molar-refractivity contribution in [1.82, 2.24) is 5.32 Å². The molecule has 4 N–H and O–H groups in total. The van der Waals surface area contributed by atoms with Crippen LogP contribution in [0.3, 0.4) is 0 Å². The van der Waals surface area contributed by atoms with E-state index in [-0.39, 0.29) is 24.2 Å². The number of nitrogens with one attached hydrogen (secondary N) is 2. The molecule has 5 heteroatoms. The molecule has 1 atom stereocenters. The van der Waals surface area contributed by atoms with Crippen molar-refractivity contribution in [2.45, 2.75) is 19.4 Å². The van der Waals surface area contributed by atoms with E-state index in [1.54, 1.807) is 7.11 Å². The van der Waals surface area contributed by atoms with Crippen LogP contribution in [0.1, 0.15) is 24.9 Å². The highest BCUT2D eigenvalue weighted by molar-refractivity contribution is 5.97. The molecule has 92 valence electrons. The predicted molar refractivity (Wildman–Crippen MR) is 66.1 cm³/mol. The molecule has 1 aromatic carbocycles. The lowest BCUT2D eigenvalue weighted by Crippen LogP contribution is -2.30. The molecule has 0 spiro atoms. The van der Waals surface area contributed by atoms with E-state index < -0.39 is 0 Å². The normalized spacial score (nSPS) is 11.6. The third-order valence-electron chi connectivity index (χ3n) is 2.33. The zero-order valence-electron chi connectivity index (χ0n) is 9.99. The summed E-state index contributed by atoms with van der Waals surface area (Å²) in [6, 6.07) is 7.29. The van der Waals surface area contributed by atoms with Crippen molar-refractivity contribution >= 4 is 11.7 Å². The smallest absolute Gasteiger partial charge is 0.228 e. The molecule has 1 rings (SSSR count). The topological polar surface area (TPSA) is 88.2 Å². The Labute approximate surface area is 100 Å². The second-order valence-corrected chi connectivity index (χ2v) is 3.73. The number of hydrogen-bond acceptors (Lipinski definition) is 3. The third-order valence-corrected chi connectivity index (χ3v) is 2.33. The number of methoxy groups -OCH3 is 1. The number of ether oxygens (including phenoxy) is 1. The average molecular weight is 235 g/mol. The van der Waals surface area contributed by atoms with Gasteiger partial charge in [0.2, 0.25) is 5.91 Å². The molecule has 0 radical (unpaired) electrons. The van der Waals surface area contributed by atoms with Crippen molar-refractivity contribution in [1.29, 1.82) is 5.41 Å². The van der Waals surface area contributed by atoms with Gasteiger partial charge in [-0.1, -0.05) is 18.2 Å². The van der Waals surface area contributed by atoms with Crippen LogP contribution in [0.25, 0.3) is 0 Å². The molecule has 0 fully saturated rings. The Hall–Kier alpha value is -2.04. The first-order valence-corrected chi connectivity index (χ1v) is 5.29. The maximum atomic E-state index is 11.5. The first-order chi connectivity index (χ1) is 8.04. The fraction of sp³-hybridized carbons (Fsp3) is 0.333. The van der Waals surface area contributed by atoms with E-state index in [1.165, 1.54) is 0 Å². The van der Waals surface area contributed by atoms with Gasteiger partial charge in [0.15, 0.2) is 0 Å². The SMILES string of the molecule is COc1ccccc1C(C)NC(=O)CC(=N)N. The van der Waals surface area contributed by atoms with Crippen LogP contribution in [0.4, 0.5) is 0 Å². The maximum absolute atomic E-state index is 11.5. The van der Waals surface area contributed by atoms with Gasteiger partial charge in [-0.3, -0.25) is 10.2 Å². The van der Waals surface area contributed by atoms with E-state index >= 15 is 0 Å². The van der Waals surface area contributed by atoms with E-state index in [9.17, 15) is 4.79 Å². The highest BCUT2D eigenvalue weighted by Gasteiger charge is 2.13. The molecule has 1 amide bonds. The number of carbonyl (C=O) groups excluding carboxylic acids is 1. The molecule has 1 aromatic rings. The minimum atomic E-state index is -0.268. The Kier molecular flexibility index (Phi) is 4.51. The van der Waals surface area contributed by atoms with Gasteiger partial charge < -0.3 is 15.8 Å². The minimum Gasteiger partial charge on any atom is -0.496 e. The number of amides is 1. The monoisotopic (exact) mass is 235 g/mol. The van der Waals surface area contributed by atoms with Crippen LogP contribution in [0.5, 0.6) is 5.75 Å². The fourth-order valence-corrected chi connectivity index (χ4v) is 1.57. The molecular weight excluding hydrogens is 218 g/mol. The van der Waals surface area contributed by atoms with Gasteiger partial charge in [-0.2, -0.15) is 0 Å². The zero-order valence-corrected chi connectivity index (χ0v) is 9.99. The fourth-order valence-electron chi connectivity index (χ4n) is 1.57. The van der Waals surface area contributed by atoms with Gasteiger partial charge in [-0.25, -0.2) is 0 Å². The van der Waals surface area contributed by atoms with E-state index in [0.717, 1.165) is 11.3 Å². The molecule has 1 unspecified atom stereocenters. The number of rotatable bonds is 5. The molecular formula is C12H17N3O2. The number of nitrogens with two attached hydrogens (primary N) is 1. The van der Waals surface area contributed by atoms with E-state index in [0.29, 0.717) is 0 Å². The number of benzene rings is 1. The molecule has 0 saturated carbocycles. The summed E-state index contributed by atoms with van der Waals surface area (Å²) in [4.78, 5) is 11.5. The van der Waals surface area contributed by atoms with E-state index in [4.69, 9.17) is 15.9 Å². The van der Waals surface area contributed by atoms with Crippen LogP contribution in [-0.2, 0) is 4.79 Å². The van der Waals surface area contributed by atoms with Crippen LogP contribution in [-0.4, -0.2) is 18.9 Å². The Bertz CT molecular complexity index is 418. The molecule has 5 nitrogen and oxygen atoms in total. The number of para-hydroxylation sites is 1.